The van der Waals surface area contributed by atoms with Gasteiger partial charge >= 0.3 is 6.03 Å². The molecule has 4 rings (SSSR count). The average molecular weight is 414 g/mol. The highest BCUT2D eigenvalue weighted by Gasteiger charge is 2.53. The van der Waals surface area contributed by atoms with Gasteiger partial charge in [-0.25, -0.2) is 4.79 Å². The highest BCUT2D eigenvalue weighted by Crippen LogP contribution is 2.35. The van der Waals surface area contributed by atoms with Gasteiger partial charge in [-0.15, -0.1) is 0 Å². The van der Waals surface area contributed by atoms with Gasteiger partial charge in [0.25, 0.3) is 5.91 Å². The zero-order valence-electron chi connectivity index (χ0n) is 16.5. The second kappa shape index (κ2) is 8.05. The number of fused-ring (bicyclic) bond motifs is 1. The van der Waals surface area contributed by atoms with Gasteiger partial charge in [-0.05, 0) is 36.2 Å². The number of urea groups is 1. The number of carbonyl (C=O) groups is 2. The van der Waals surface area contributed by atoms with Crippen molar-refractivity contribution in [3.05, 3.63) is 64.7 Å². The molecule has 3 atom stereocenters. The maximum Gasteiger partial charge on any atom is 0.321 e. The summed E-state index contributed by atoms with van der Waals surface area (Å²) < 4.78 is 5.52. The van der Waals surface area contributed by atoms with Gasteiger partial charge in [0.05, 0.1) is 6.04 Å². The number of carbonyl (C=O) groups excluding carboxylic acids is 2. The molecular weight excluding hydrogens is 390 g/mol. The molecule has 0 bridgehead atoms. The first-order valence-corrected chi connectivity index (χ1v) is 10.0. The highest BCUT2D eigenvalue weighted by atomic mass is 35.5. The molecule has 2 aliphatic heterocycles. The largest absolute Gasteiger partial charge is 0.371 e. The fourth-order valence-electron chi connectivity index (χ4n) is 4.29. The first-order chi connectivity index (χ1) is 14.0. The number of benzene rings is 2. The zero-order chi connectivity index (χ0) is 20.5. The molecule has 2 aromatic rings. The van der Waals surface area contributed by atoms with Gasteiger partial charge in [0.15, 0.2) is 0 Å². The number of halogens is 1. The van der Waals surface area contributed by atoms with Crippen LogP contribution in [0.3, 0.4) is 0 Å². The summed E-state index contributed by atoms with van der Waals surface area (Å²) in [5.74, 6) is -0.0337. The van der Waals surface area contributed by atoms with Gasteiger partial charge < -0.3 is 19.9 Å². The lowest BCUT2D eigenvalue weighted by Gasteiger charge is -2.25. The fourth-order valence-corrected chi connectivity index (χ4v) is 4.41. The Morgan fingerprint density at radius 3 is 2.66 bits per heavy atom. The minimum Gasteiger partial charge on any atom is -0.371 e. The van der Waals surface area contributed by atoms with Gasteiger partial charge in [0.2, 0.25) is 0 Å². The number of methoxy groups -OCH3 is 1. The van der Waals surface area contributed by atoms with E-state index in [1.54, 1.807) is 24.1 Å². The number of ether oxygens (including phenoxy) is 1. The Balaban J connectivity index is 1.48. The molecule has 2 fully saturated rings. The molecule has 6 nitrogen and oxygen atoms in total. The van der Waals surface area contributed by atoms with Crippen molar-refractivity contribution < 1.29 is 14.3 Å². The van der Waals surface area contributed by atoms with Gasteiger partial charge in [-0.1, -0.05) is 41.9 Å². The maximum atomic E-state index is 12.9. The molecule has 1 N–H and O–H groups in total. The molecule has 2 aliphatic rings. The Hall–Kier alpha value is -2.57. The predicted molar refractivity (Wildman–Crippen MR) is 112 cm³/mol. The van der Waals surface area contributed by atoms with Crippen LogP contribution >= 0.6 is 11.6 Å². The summed E-state index contributed by atoms with van der Waals surface area (Å²) in [6.07, 6.45) is -0.515. The van der Waals surface area contributed by atoms with Crippen LogP contribution in [0.5, 0.6) is 0 Å². The van der Waals surface area contributed by atoms with E-state index in [1.807, 2.05) is 48.2 Å². The fraction of sp³-hybridized carbons (Fsp3) is 0.364. The van der Waals surface area contributed by atoms with Crippen LogP contribution < -0.4 is 5.32 Å². The molecule has 0 spiro atoms. The molecule has 0 unspecified atom stereocenters. The van der Waals surface area contributed by atoms with E-state index >= 15 is 0 Å². The van der Waals surface area contributed by atoms with Crippen molar-refractivity contribution in [2.45, 2.75) is 25.6 Å². The summed E-state index contributed by atoms with van der Waals surface area (Å²) >= 11 is 6.06. The minimum atomic E-state index is -0.515. The van der Waals surface area contributed by atoms with Crippen LogP contribution in [0, 0.1) is 12.8 Å². The van der Waals surface area contributed by atoms with E-state index in [0.29, 0.717) is 30.3 Å². The molecule has 152 valence electrons. The number of anilines is 1. The number of nitrogens with one attached hydrogen (secondary N) is 1. The molecule has 3 amide bonds. The van der Waals surface area contributed by atoms with Gasteiger partial charge in [0.1, 0.15) is 6.10 Å². The van der Waals surface area contributed by atoms with E-state index in [9.17, 15) is 9.59 Å². The SMILES string of the molecule is CO[C@@H]1C(=O)N(Cc2ccccc2)[C@@H]2CN(C(=O)Nc3ccc(Cl)c(C)c3)C[C@H]12. The number of likely N-dealkylation sites (tertiary alicyclic amines) is 2. The van der Waals surface area contributed by atoms with Crippen molar-refractivity contribution in [2.75, 3.05) is 25.5 Å². The quantitative estimate of drug-likeness (QED) is 0.833. The molecule has 7 heteroatoms. The minimum absolute atomic E-state index is 0.000243. The van der Waals surface area contributed by atoms with Crippen LogP contribution in [0.4, 0.5) is 10.5 Å². The van der Waals surface area contributed by atoms with Crippen LogP contribution in [0.25, 0.3) is 0 Å². The summed E-state index contributed by atoms with van der Waals surface area (Å²) in [6.45, 7) is 3.39. The Labute approximate surface area is 175 Å². The van der Waals surface area contributed by atoms with E-state index in [1.165, 1.54) is 0 Å². The monoisotopic (exact) mass is 413 g/mol. The van der Waals surface area contributed by atoms with E-state index in [0.717, 1.165) is 11.1 Å². The molecule has 29 heavy (non-hydrogen) atoms. The van der Waals surface area contributed by atoms with Gasteiger partial charge in [0, 0.05) is 43.4 Å². The Kier molecular flexibility index (Phi) is 5.48. The molecule has 2 aromatic carbocycles. The lowest BCUT2D eigenvalue weighted by Crippen LogP contribution is -2.41. The molecule has 0 aliphatic carbocycles. The first-order valence-electron chi connectivity index (χ1n) is 9.67. The predicted octanol–water partition coefficient (Wildman–Crippen LogP) is 3.54. The number of nitrogens with zero attached hydrogens (tertiary/aromatic N) is 2. The van der Waals surface area contributed by atoms with Crippen molar-refractivity contribution >= 4 is 29.2 Å². The van der Waals surface area contributed by atoms with Crippen LogP contribution in [-0.4, -0.2) is 54.1 Å². The number of rotatable bonds is 4. The average Bonchev–Trinajstić information content (AvgIpc) is 3.24. The van der Waals surface area contributed by atoms with E-state index in [-0.39, 0.29) is 23.9 Å². The van der Waals surface area contributed by atoms with Gasteiger partial charge in [-0.2, -0.15) is 0 Å². The molecule has 0 saturated carbocycles. The summed E-state index contributed by atoms with van der Waals surface area (Å²) in [7, 11) is 1.56. The van der Waals surface area contributed by atoms with Crippen LogP contribution in [0.15, 0.2) is 48.5 Å². The van der Waals surface area contributed by atoms with Crippen LogP contribution in [0.1, 0.15) is 11.1 Å². The standard InChI is InChI=1S/C22H24ClN3O3/c1-14-10-16(8-9-18(14)23)24-22(28)25-12-17-19(13-25)26(21(27)20(17)29-2)11-15-6-4-3-5-7-15/h3-10,17,19-20H,11-13H2,1-2H3,(H,24,28)/t17-,19+,20-/m0/s1. The first kappa shape index (κ1) is 19.7. The lowest BCUT2D eigenvalue weighted by atomic mass is 10.0. The number of amides is 3. The normalized spacial score (nSPS) is 23.4. The zero-order valence-corrected chi connectivity index (χ0v) is 17.2. The topological polar surface area (TPSA) is 61.9 Å². The molecule has 0 aromatic heterocycles. The molecule has 2 saturated heterocycles. The molecule has 2 heterocycles. The van der Waals surface area contributed by atoms with Crippen LogP contribution in [0.2, 0.25) is 5.02 Å². The van der Waals surface area contributed by atoms with Crippen LogP contribution in [-0.2, 0) is 16.1 Å². The Morgan fingerprint density at radius 2 is 1.97 bits per heavy atom. The number of hydrogen-bond donors (Lipinski definition) is 1. The Morgan fingerprint density at radius 1 is 1.21 bits per heavy atom. The summed E-state index contributed by atoms with van der Waals surface area (Å²) in [5, 5.41) is 3.60. The number of hydrogen-bond acceptors (Lipinski definition) is 3. The summed E-state index contributed by atoms with van der Waals surface area (Å²) in [4.78, 5) is 29.3. The highest BCUT2D eigenvalue weighted by molar-refractivity contribution is 6.31. The molecule has 0 radical (unpaired) electrons. The third-order valence-corrected chi connectivity index (χ3v) is 6.22. The van der Waals surface area contributed by atoms with E-state index < -0.39 is 6.10 Å². The number of aryl methyl sites for hydroxylation is 1. The van der Waals surface area contributed by atoms with Gasteiger partial charge in [-0.3, -0.25) is 4.79 Å². The van der Waals surface area contributed by atoms with Crippen molar-refractivity contribution in [1.82, 2.24) is 9.80 Å². The van der Waals surface area contributed by atoms with E-state index in [4.69, 9.17) is 16.3 Å². The summed E-state index contributed by atoms with van der Waals surface area (Å²) in [6, 6.07) is 15.1. The van der Waals surface area contributed by atoms with Crippen molar-refractivity contribution in [1.29, 1.82) is 0 Å². The second-order valence-electron chi connectivity index (χ2n) is 7.64. The maximum absolute atomic E-state index is 12.9. The lowest BCUT2D eigenvalue weighted by molar-refractivity contribution is -0.138. The van der Waals surface area contributed by atoms with Crippen molar-refractivity contribution in [2.24, 2.45) is 5.92 Å². The molecular formula is C22H24ClN3O3. The van der Waals surface area contributed by atoms with E-state index in [2.05, 4.69) is 5.32 Å². The second-order valence-corrected chi connectivity index (χ2v) is 8.05. The van der Waals surface area contributed by atoms with Crippen molar-refractivity contribution in [3.63, 3.8) is 0 Å². The smallest absolute Gasteiger partial charge is 0.321 e. The summed E-state index contributed by atoms with van der Waals surface area (Å²) in [5.41, 5.74) is 2.67. The third-order valence-electron chi connectivity index (χ3n) is 5.79. The third kappa shape index (κ3) is 3.82. The van der Waals surface area contributed by atoms with Crippen molar-refractivity contribution in [3.8, 4) is 0 Å². The Bertz CT molecular complexity index is 921.